The van der Waals surface area contributed by atoms with Gasteiger partial charge in [0.15, 0.2) is 0 Å². The molecule has 1 atom stereocenters. The second kappa shape index (κ2) is 8.52. The van der Waals surface area contributed by atoms with E-state index in [1.165, 1.54) is 19.6 Å². The first-order chi connectivity index (χ1) is 11.7. The lowest BCUT2D eigenvalue weighted by atomic mass is 9.85. The van der Waals surface area contributed by atoms with Gasteiger partial charge in [0, 0.05) is 5.02 Å². The molecule has 1 aromatic carbocycles. The van der Waals surface area contributed by atoms with Crippen LogP contribution in [0.4, 0.5) is 0 Å². The minimum absolute atomic E-state index is 0.145. The van der Waals surface area contributed by atoms with Gasteiger partial charge in [-0.1, -0.05) is 43.7 Å². The molecule has 1 aliphatic carbocycles. The predicted octanol–water partition coefficient (Wildman–Crippen LogP) is 3.75. The minimum Gasteiger partial charge on any atom is -0.468 e. The number of sulfonamides is 1. The summed E-state index contributed by atoms with van der Waals surface area (Å²) in [6.45, 7) is 3.44. The Morgan fingerprint density at radius 2 is 1.88 bits per heavy atom. The average molecular weight is 388 g/mol. The third-order valence-corrected chi connectivity index (χ3v) is 6.84. The highest BCUT2D eigenvalue weighted by molar-refractivity contribution is 7.89. The molecule has 0 aromatic heterocycles. The Labute approximate surface area is 155 Å². The van der Waals surface area contributed by atoms with E-state index in [2.05, 4.69) is 4.72 Å². The number of carbonyl (C=O) groups excluding carboxylic acids is 1. The highest BCUT2D eigenvalue weighted by atomic mass is 35.5. The maximum Gasteiger partial charge on any atom is 0.323 e. The first-order valence-corrected chi connectivity index (χ1v) is 10.5. The predicted molar refractivity (Wildman–Crippen MR) is 98.2 cm³/mol. The molecule has 0 amide bonds. The Hall–Kier alpha value is -1.11. The standard InChI is InChI=1S/C18H26ClNO4S/c1-12-10-17(13(2)9-15(12)19)25(22,23)20-16(18(21)24-3)11-14-7-5-4-6-8-14/h9-10,14,16,20H,4-8,11H2,1-3H3. The molecule has 1 saturated carbocycles. The molecule has 1 N–H and O–H groups in total. The number of halogens is 1. The van der Waals surface area contributed by atoms with Crippen LogP contribution in [0.25, 0.3) is 0 Å². The maximum absolute atomic E-state index is 12.8. The summed E-state index contributed by atoms with van der Waals surface area (Å²) in [5.74, 6) is -0.203. The average Bonchev–Trinajstić information content (AvgIpc) is 2.57. The minimum atomic E-state index is -3.84. The zero-order chi connectivity index (χ0) is 18.6. The fourth-order valence-electron chi connectivity index (χ4n) is 3.39. The van der Waals surface area contributed by atoms with Crippen molar-refractivity contribution in [3.63, 3.8) is 0 Å². The fourth-order valence-corrected chi connectivity index (χ4v) is 5.11. The van der Waals surface area contributed by atoms with Gasteiger partial charge in [0.05, 0.1) is 12.0 Å². The fraction of sp³-hybridized carbons (Fsp3) is 0.611. The molecule has 1 fully saturated rings. The van der Waals surface area contributed by atoms with Crippen molar-refractivity contribution in [3.05, 3.63) is 28.3 Å². The number of aryl methyl sites for hydroxylation is 2. The molecule has 0 bridgehead atoms. The number of esters is 1. The molecule has 0 heterocycles. The van der Waals surface area contributed by atoms with Gasteiger partial charge in [0.1, 0.15) is 6.04 Å². The van der Waals surface area contributed by atoms with Crippen molar-refractivity contribution >= 4 is 27.6 Å². The molecule has 0 spiro atoms. The molecular formula is C18H26ClNO4S. The largest absolute Gasteiger partial charge is 0.468 e. The van der Waals surface area contributed by atoms with Crippen LogP contribution in [0.15, 0.2) is 17.0 Å². The van der Waals surface area contributed by atoms with E-state index in [-0.39, 0.29) is 4.90 Å². The lowest BCUT2D eigenvalue weighted by Crippen LogP contribution is -2.43. The Kier molecular flexibility index (Phi) is 6.88. The Bertz CT molecular complexity index is 727. The number of hydrogen-bond donors (Lipinski definition) is 1. The van der Waals surface area contributed by atoms with Crippen molar-refractivity contribution < 1.29 is 17.9 Å². The lowest BCUT2D eigenvalue weighted by Gasteiger charge is -2.26. The van der Waals surface area contributed by atoms with E-state index in [9.17, 15) is 13.2 Å². The highest BCUT2D eigenvalue weighted by Gasteiger charge is 2.30. The summed E-state index contributed by atoms with van der Waals surface area (Å²) in [6.07, 6.45) is 5.97. The molecule has 1 unspecified atom stereocenters. The van der Waals surface area contributed by atoms with Crippen LogP contribution in [0, 0.1) is 19.8 Å². The SMILES string of the molecule is COC(=O)C(CC1CCCCC1)NS(=O)(=O)c1cc(C)c(Cl)cc1C. The van der Waals surface area contributed by atoms with Gasteiger partial charge < -0.3 is 4.74 Å². The zero-order valence-electron chi connectivity index (χ0n) is 15.0. The number of carbonyl (C=O) groups is 1. The van der Waals surface area contributed by atoms with Crippen LogP contribution in [0.5, 0.6) is 0 Å². The molecule has 25 heavy (non-hydrogen) atoms. The maximum atomic E-state index is 12.8. The molecule has 0 radical (unpaired) electrons. The summed E-state index contributed by atoms with van der Waals surface area (Å²) in [5.41, 5.74) is 1.22. The van der Waals surface area contributed by atoms with Crippen LogP contribution in [-0.2, 0) is 19.6 Å². The van der Waals surface area contributed by atoms with Crippen LogP contribution >= 0.6 is 11.6 Å². The van der Waals surface area contributed by atoms with Crippen LogP contribution in [-0.4, -0.2) is 27.5 Å². The smallest absolute Gasteiger partial charge is 0.323 e. The highest BCUT2D eigenvalue weighted by Crippen LogP contribution is 2.29. The Balaban J connectivity index is 2.24. The van der Waals surface area contributed by atoms with E-state index < -0.39 is 22.0 Å². The third kappa shape index (κ3) is 5.19. The second-order valence-electron chi connectivity index (χ2n) is 6.80. The van der Waals surface area contributed by atoms with Crippen LogP contribution in [0.2, 0.25) is 5.02 Å². The Morgan fingerprint density at radius 1 is 1.24 bits per heavy atom. The first kappa shape index (κ1) is 20.2. The molecule has 0 aliphatic heterocycles. The molecule has 140 valence electrons. The van der Waals surface area contributed by atoms with Crippen molar-refractivity contribution in [3.8, 4) is 0 Å². The van der Waals surface area contributed by atoms with Gasteiger partial charge in [-0.25, -0.2) is 8.42 Å². The zero-order valence-corrected chi connectivity index (χ0v) is 16.5. The molecule has 0 saturated heterocycles. The van der Waals surface area contributed by atoms with Gasteiger partial charge in [-0.05, 0) is 49.4 Å². The van der Waals surface area contributed by atoms with Crippen LogP contribution in [0.3, 0.4) is 0 Å². The van der Waals surface area contributed by atoms with E-state index in [0.717, 1.165) is 25.7 Å². The number of methoxy groups -OCH3 is 1. The Morgan fingerprint density at radius 3 is 2.48 bits per heavy atom. The van der Waals surface area contributed by atoms with Gasteiger partial charge >= 0.3 is 5.97 Å². The normalized spacial score (nSPS) is 17.3. The van der Waals surface area contributed by atoms with Gasteiger partial charge in [-0.2, -0.15) is 4.72 Å². The van der Waals surface area contributed by atoms with E-state index >= 15 is 0 Å². The lowest BCUT2D eigenvalue weighted by molar-refractivity contribution is -0.143. The monoisotopic (exact) mass is 387 g/mol. The number of nitrogens with one attached hydrogen (secondary N) is 1. The molecule has 1 aromatic rings. The van der Waals surface area contributed by atoms with E-state index in [0.29, 0.717) is 28.5 Å². The van der Waals surface area contributed by atoms with E-state index in [1.54, 1.807) is 19.9 Å². The van der Waals surface area contributed by atoms with Crippen molar-refractivity contribution in [2.45, 2.75) is 63.3 Å². The molecule has 7 heteroatoms. The summed E-state index contributed by atoms with van der Waals surface area (Å²) >= 11 is 6.05. The summed E-state index contributed by atoms with van der Waals surface area (Å²) in [4.78, 5) is 12.3. The van der Waals surface area contributed by atoms with Crippen molar-refractivity contribution in [1.29, 1.82) is 0 Å². The number of benzene rings is 1. The van der Waals surface area contributed by atoms with Crippen molar-refractivity contribution in [1.82, 2.24) is 4.72 Å². The molecule has 1 aliphatic rings. The quantitative estimate of drug-likeness (QED) is 0.754. The molecule has 5 nitrogen and oxygen atoms in total. The molecule has 2 rings (SSSR count). The van der Waals surface area contributed by atoms with Crippen molar-refractivity contribution in [2.24, 2.45) is 5.92 Å². The summed E-state index contributed by atoms with van der Waals surface area (Å²) in [5, 5.41) is 0.517. The number of hydrogen-bond acceptors (Lipinski definition) is 4. The van der Waals surface area contributed by atoms with E-state index in [4.69, 9.17) is 16.3 Å². The van der Waals surface area contributed by atoms with Gasteiger partial charge in [0.25, 0.3) is 0 Å². The van der Waals surface area contributed by atoms with E-state index in [1.807, 2.05) is 0 Å². The van der Waals surface area contributed by atoms with Crippen LogP contribution in [0.1, 0.15) is 49.7 Å². The summed E-state index contributed by atoms with van der Waals surface area (Å²) in [7, 11) is -2.56. The second-order valence-corrected chi connectivity index (χ2v) is 8.89. The van der Waals surface area contributed by atoms with Crippen LogP contribution < -0.4 is 4.72 Å². The third-order valence-electron chi connectivity index (χ3n) is 4.82. The number of ether oxygens (including phenoxy) is 1. The first-order valence-electron chi connectivity index (χ1n) is 8.61. The van der Waals surface area contributed by atoms with Crippen molar-refractivity contribution in [2.75, 3.05) is 7.11 Å². The summed E-state index contributed by atoms with van der Waals surface area (Å²) in [6, 6.07) is 2.29. The topological polar surface area (TPSA) is 72.5 Å². The number of rotatable bonds is 6. The van der Waals surface area contributed by atoms with Gasteiger partial charge in [-0.15, -0.1) is 0 Å². The van der Waals surface area contributed by atoms with Gasteiger partial charge in [-0.3, -0.25) is 4.79 Å². The molecular weight excluding hydrogens is 362 g/mol. The van der Waals surface area contributed by atoms with Gasteiger partial charge in [0.2, 0.25) is 10.0 Å². The summed E-state index contributed by atoms with van der Waals surface area (Å²) < 4.78 is 33.0.